The first-order valence-electron chi connectivity index (χ1n) is 4.21. The number of nitrogens with two attached hydrogens (primary N) is 1. The summed E-state index contributed by atoms with van der Waals surface area (Å²) in [4.78, 5) is 32.5. The van der Waals surface area contributed by atoms with Crippen molar-refractivity contribution >= 4 is 18.0 Å². The predicted octanol–water partition coefficient (Wildman–Crippen LogP) is -0.850. The minimum absolute atomic E-state index is 0.0240. The van der Waals surface area contributed by atoms with Crippen molar-refractivity contribution in [1.82, 2.24) is 5.32 Å². The van der Waals surface area contributed by atoms with E-state index in [1.807, 2.05) is 0 Å². The van der Waals surface area contributed by atoms with Crippen molar-refractivity contribution < 1.29 is 23.9 Å². The van der Waals surface area contributed by atoms with Gasteiger partial charge in [-0.3, -0.25) is 4.79 Å². The smallest absolute Gasteiger partial charge is 0.407 e. The van der Waals surface area contributed by atoms with E-state index in [4.69, 9.17) is 5.73 Å². The van der Waals surface area contributed by atoms with Crippen LogP contribution < -0.4 is 11.1 Å². The molecule has 0 aliphatic carbocycles. The van der Waals surface area contributed by atoms with Crippen LogP contribution in [0.3, 0.4) is 0 Å². The summed E-state index contributed by atoms with van der Waals surface area (Å²) in [5.41, 5.74) is 4.91. The lowest BCUT2D eigenvalue weighted by Gasteiger charge is -2.14. The molecule has 3 N–H and O–H groups in total. The third kappa shape index (κ3) is 5.50. The van der Waals surface area contributed by atoms with Crippen molar-refractivity contribution in [2.75, 3.05) is 14.2 Å². The van der Waals surface area contributed by atoms with Gasteiger partial charge < -0.3 is 20.5 Å². The summed E-state index contributed by atoms with van der Waals surface area (Å²) in [6, 6.07) is -0.921. The molecule has 0 aromatic carbocycles. The fourth-order valence-electron chi connectivity index (χ4n) is 0.879. The van der Waals surface area contributed by atoms with Crippen LogP contribution in [0.15, 0.2) is 0 Å². The molecule has 0 rings (SSSR count). The molecule has 0 aliphatic heterocycles. The van der Waals surface area contributed by atoms with Crippen molar-refractivity contribution in [3.8, 4) is 0 Å². The van der Waals surface area contributed by atoms with Crippen LogP contribution in [-0.4, -0.2) is 38.2 Å². The summed E-state index contributed by atoms with van der Waals surface area (Å²) in [5, 5.41) is 2.23. The number of amides is 2. The fraction of sp³-hybridized carbons (Fsp3) is 0.625. The van der Waals surface area contributed by atoms with E-state index in [0.717, 1.165) is 7.11 Å². The Morgan fingerprint density at radius 2 is 1.87 bits per heavy atom. The van der Waals surface area contributed by atoms with Gasteiger partial charge in [0.2, 0.25) is 5.91 Å². The largest absolute Gasteiger partial charge is 0.467 e. The fourth-order valence-corrected chi connectivity index (χ4v) is 0.879. The SMILES string of the molecule is COC(=O)NC(CCC(N)=O)C(=O)OC. The van der Waals surface area contributed by atoms with Crippen LogP contribution in [-0.2, 0) is 19.1 Å². The molecule has 1 atom stereocenters. The summed E-state index contributed by atoms with van der Waals surface area (Å²) in [7, 11) is 2.34. The van der Waals surface area contributed by atoms with Gasteiger partial charge in [0.1, 0.15) is 6.04 Å². The predicted molar refractivity (Wildman–Crippen MR) is 49.8 cm³/mol. The Morgan fingerprint density at radius 1 is 1.27 bits per heavy atom. The molecule has 7 nitrogen and oxygen atoms in total. The van der Waals surface area contributed by atoms with E-state index in [2.05, 4.69) is 14.8 Å². The van der Waals surface area contributed by atoms with E-state index in [1.54, 1.807) is 0 Å². The molecule has 1 unspecified atom stereocenters. The van der Waals surface area contributed by atoms with Crippen LogP contribution in [0.5, 0.6) is 0 Å². The second-order valence-electron chi connectivity index (χ2n) is 2.72. The lowest BCUT2D eigenvalue weighted by Crippen LogP contribution is -2.42. The molecule has 0 radical (unpaired) electrons. The molecule has 86 valence electrons. The Labute approximate surface area is 86.9 Å². The highest BCUT2D eigenvalue weighted by atomic mass is 16.5. The van der Waals surface area contributed by atoms with Gasteiger partial charge >= 0.3 is 12.1 Å². The van der Waals surface area contributed by atoms with Gasteiger partial charge in [-0.1, -0.05) is 0 Å². The van der Waals surface area contributed by atoms with Gasteiger partial charge in [0.05, 0.1) is 14.2 Å². The summed E-state index contributed by atoms with van der Waals surface area (Å²) in [6.07, 6.45) is -0.712. The van der Waals surface area contributed by atoms with E-state index < -0.39 is 24.0 Å². The topological polar surface area (TPSA) is 108 Å². The molecule has 0 bridgehead atoms. The first-order valence-corrected chi connectivity index (χ1v) is 4.21. The van der Waals surface area contributed by atoms with Gasteiger partial charge in [0, 0.05) is 6.42 Å². The number of alkyl carbamates (subject to hydrolysis) is 1. The van der Waals surface area contributed by atoms with Crippen LogP contribution in [0.4, 0.5) is 4.79 Å². The van der Waals surface area contributed by atoms with Gasteiger partial charge in [-0.05, 0) is 6.42 Å². The van der Waals surface area contributed by atoms with Crippen LogP contribution in [0, 0.1) is 0 Å². The average molecular weight is 218 g/mol. The lowest BCUT2D eigenvalue weighted by molar-refractivity contribution is -0.143. The zero-order valence-corrected chi connectivity index (χ0v) is 8.61. The molecular weight excluding hydrogens is 204 g/mol. The average Bonchev–Trinajstić information content (AvgIpc) is 2.22. The van der Waals surface area contributed by atoms with Crippen molar-refractivity contribution in [3.63, 3.8) is 0 Å². The van der Waals surface area contributed by atoms with Crippen LogP contribution >= 0.6 is 0 Å². The highest BCUT2D eigenvalue weighted by Gasteiger charge is 2.22. The first kappa shape index (κ1) is 13.2. The van der Waals surface area contributed by atoms with E-state index in [0.29, 0.717) is 0 Å². The van der Waals surface area contributed by atoms with Crippen LogP contribution in [0.2, 0.25) is 0 Å². The van der Waals surface area contributed by atoms with Gasteiger partial charge in [0.15, 0.2) is 0 Å². The van der Waals surface area contributed by atoms with Gasteiger partial charge in [-0.2, -0.15) is 0 Å². The third-order valence-electron chi connectivity index (χ3n) is 1.64. The number of esters is 1. The first-order chi connectivity index (χ1) is 7.01. The minimum Gasteiger partial charge on any atom is -0.467 e. The molecule has 0 aromatic heterocycles. The Morgan fingerprint density at radius 3 is 2.27 bits per heavy atom. The molecule has 0 saturated carbocycles. The van der Waals surface area contributed by atoms with Crippen molar-refractivity contribution in [1.29, 1.82) is 0 Å². The summed E-state index contributed by atoms with van der Waals surface area (Å²) < 4.78 is 8.74. The number of hydrogen-bond donors (Lipinski definition) is 2. The Hall–Kier alpha value is -1.79. The van der Waals surface area contributed by atoms with E-state index >= 15 is 0 Å². The number of methoxy groups -OCH3 is 2. The Kier molecular flexibility index (Phi) is 5.84. The maximum atomic E-state index is 11.1. The second-order valence-corrected chi connectivity index (χ2v) is 2.72. The molecule has 0 aliphatic rings. The molecular formula is C8H14N2O5. The van der Waals surface area contributed by atoms with E-state index in [-0.39, 0.29) is 12.8 Å². The molecule has 7 heteroatoms. The number of rotatable bonds is 5. The lowest BCUT2D eigenvalue weighted by atomic mass is 10.1. The number of primary amides is 1. The quantitative estimate of drug-likeness (QED) is 0.584. The third-order valence-corrected chi connectivity index (χ3v) is 1.64. The summed E-state index contributed by atoms with van der Waals surface area (Å²) in [5.74, 6) is -1.21. The van der Waals surface area contributed by atoms with Gasteiger partial charge in [-0.25, -0.2) is 9.59 Å². The van der Waals surface area contributed by atoms with Crippen molar-refractivity contribution in [3.05, 3.63) is 0 Å². The Bertz CT molecular complexity index is 253. The molecule has 2 amide bonds. The summed E-state index contributed by atoms with van der Waals surface area (Å²) >= 11 is 0. The Balaban J connectivity index is 4.24. The molecule has 0 fully saturated rings. The zero-order chi connectivity index (χ0) is 11.8. The molecule has 0 saturated heterocycles. The van der Waals surface area contributed by atoms with Crippen molar-refractivity contribution in [2.45, 2.75) is 18.9 Å². The van der Waals surface area contributed by atoms with E-state index in [9.17, 15) is 14.4 Å². The number of nitrogens with one attached hydrogen (secondary N) is 1. The highest BCUT2D eigenvalue weighted by Crippen LogP contribution is 1.99. The molecule has 0 heterocycles. The standard InChI is InChI=1S/C8H14N2O5/c1-14-7(12)5(3-4-6(9)11)10-8(13)15-2/h5H,3-4H2,1-2H3,(H2,9,11)(H,10,13). The molecule has 15 heavy (non-hydrogen) atoms. The maximum Gasteiger partial charge on any atom is 0.407 e. The van der Waals surface area contributed by atoms with E-state index in [1.165, 1.54) is 7.11 Å². The normalized spacial score (nSPS) is 11.3. The number of hydrogen-bond acceptors (Lipinski definition) is 5. The maximum absolute atomic E-state index is 11.1. The van der Waals surface area contributed by atoms with Crippen molar-refractivity contribution in [2.24, 2.45) is 5.73 Å². The van der Waals surface area contributed by atoms with Gasteiger partial charge in [0.25, 0.3) is 0 Å². The van der Waals surface area contributed by atoms with Crippen LogP contribution in [0.1, 0.15) is 12.8 Å². The van der Waals surface area contributed by atoms with Gasteiger partial charge in [-0.15, -0.1) is 0 Å². The minimum atomic E-state index is -0.921. The zero-order valence-electron chi connectivity index (χ0n) is 8.61. The highest BCUT2D eigenvalue weighted by molar-refractivity contribution is 5.82. The van der Waals surface area contributed by atoms with Crippen LogP contribution in [0.25, 0.3) is 0 Å². The number of ether oxygens (including phenoxy) is 2. The number of carbonyl (C=O) groups is 3. The monoisotopic (exact) mass is 218 g/mol. The molecule has 0 spiro atoms. The molecule has 0 aromatic rings. The summed E-state index contributed by atoms with van der Waals surface area (Å²) in [6.45, 7) is 0. The number of carbonyl (C=O) groups excluding carboxylic acids is 3. The second kappa shape index (κ2) is 6.63.